The predicted octanol–water partition coefficient (Wildman–Crippen LogP) is 2.45. The van der Waals surface area contributed by atoms with Gasteiger partial charge in [-0.25, -0.2) is 9.78 Å². The minimum absolute atomic E-state index is 0.000368. The summed E-state index contributed by atoms with van der Waals surface area (Å²) in [6.45, 7) is 0. The van der Waals surface area contributed by atoms with E-state index in [0.29, 0.717) is 36.2 Å². The summed E-state index contributed by atoms with van der Waals surface area (Å²) in [5.41, 5.74) is 1.96. The summed E-state index contributed by atoms with van der Waals surface area (Å²) in [4.78, 5) is 27.8. The predicted molar refractivity (Wildman–Crippen MR) is 103 cm³/mol. The van der Waals surface area contributed by atoms with Gasteiger partial charge < -0.3 is 25.4 Å². The normalized spacial score (nSPS) is 25.7. The topological polar surface area (TPSA) is 102 Å². The van der Waals surface area contributed by atoms with Crippen LogP contribution >= 0.6 is 0 Å². The van der Waals surface area contributed by atoms with Crippen LogP contribution in [0.5, 0.6) is 17.2 Å². The summed E-state index contributed by atoms with van der Waals surface area (Å²) in [6.07, 6.45) is 4.78. The molecule has 29 heavy (non-hydrogen) atoms. The van der Waals surface area contributed by atoms with Crippen LogP contribution in [0.1, 0.15) is 36.3 Å². The molecule has 148 valence electrons. The first-order valence-electron chi connectivity index (χ1n) is 9.99. The number of anilines is 1. The van der Waals surface area contributed by atoms with Crippen LogP contribution in [0.3, 0.4) is 0 Å². The summed E-state index contributed by atoms with van der Waals surface area (Å²) in [6, 6.07) is 7.79. The number of nitrogens with zero attached hydrogens (tertiary/aromatic N) is 1. The average molecular weight is 392 g/mol. The van der Waals surface area contributed by atoms with Gasteiger partial charge in [0.15, 0.2) is 0 Å². The monoisotopic (exact) mass is 392 g/mol. The van der Waals surface area contributed by atoms with Crippen molar-refractivity contribution in [3.05, 3.63) is 41.6 Å². The lowest BCUT2D eigenvalue weighted by molar-refractivity contribution is -0.116. The van der Waals surface area contributed by atoms with Gasteiger partial charge in [-0.05, 0) is 43.5 Å². The van der Waals surface area contributed by atoms with Crippen LogP contribution < -0.4 is 25.4 Å². The molecule has 2 saturated carbocycles. The summed E-state index contributed by atoms with van der Waals surface area (Å²) in [5, 5.41) is 8.75. The van der Waals surface area contributed by atoms with Crippen molar-refractivity contribution in [2.45, 2.75) is 49.8 Å². The Kier molecular flexibility index (Phi) is 3.50. The number of ether oxygens (including phenoxy) is 2. The van der Waals surface area contributed by atoms with Crippen LogP contribution in [0.15, 0.2) is 30.5 Å². The van der Waals surface area contributed by atoms with Crippen molar-refractivity contribution in [2.24, 2.45) is 0 Å². The van der Waals surface area contributed by atoms with E-state index in [1.165, 1.54) is 0 Å². The molecule has 1 aromatic heterocycles. The molecule has 3 N–H and O–H groups in total. The Labute approximate surface area is 167 Å². The van der Waals surface area contributed by atoms with Gasteiger partial charge in [0, 0.05) is 29.8 Å². The van der Waals surface area contributed by atoms with Gasteiger partial charge in [0.05, 0.1) is 12.0 Å². The lowest BCUT2D eigenvalue weighted by atomic mass is 10.1. The largest absolute Gasteiger partial charge is 0.487 e. The van der Waals surface area contributed by atoms with E-state index < -0.39 is 0 Å². The molecule has 0 radical (unpaired) electrons. The van der Waals surface area contributed by atoms with Crippen molar-refractivity contribution in [3.63, 3.8) is 0 Å². The standard InChI is InChI=1S/C21H20N4O4/c26-16-6-4-12-15(7-8-22-20(12)24-16)28-11-3-5-14-13(9-11)17-18(19(17)29-14)25-21(27)23-10-1-2-10/h3,5,7-10,17-19H,1-2,4,6H2,(H,22,24,26)(H2,23,25,27)/t17-,18-,19-/m0/s1. The summed E-state index contributed by atoms with van der Waals surface area (Å²) in [5.74, 6) is 2.93. The van der Waals surface area contributed by atoms with Gasteiger partial charge in [0.1, 0.15) is 29.2 Å². The molecule has 1 aromatic carbocycles. The Morgan fingerprint density at radius 3 is 2.97 bits per heavy atom. The van der Waals surface area contributed by atoms with E-state index in [9.17, 15) is 9.59 Å². The molecule has 6 rings (SSSR count). The smallest absolute Gasteiger partial charge is 0.315 e. The third-order valence-corrected chi connectivity index (χ3v) is 5.87. The van der Waals surface area contributed by atoms with Crippen LogP contribution in [-0.2, 0) is 11.2 Å². The average Bonchev–Trinajstić information content (AvgIpc) is 3.60. The molecule has 0 saturated heterocycles. The second-order valence-electron chi connectivity index (χ2n) is 8.01. The number of fused-ring (bicyclic) bond motifs is 4. The molecule has 0 unspecified atom stereocenters. The van der Waals surface area contributed by atoms with E-state index in [1.807, 2.05) is 24.3 Å². The molecular weight excluding hydrogens is 372 g/mol. The van der Waals surface area contributed by atoms with Crippen molar-refractivity contribution in [1.29, 1.82) is 0 Å². The van der Waals surface area contributed by atoms with Gasteiger partial charge in [-0.1, -0.05) is 0 Å². The van der Waals surface area contributed by atoms with E-state index in [0.717, 1.165) is 29.7 Å². The lowest BCUT2D eigenvalue weighted by Crippen LogP contribution is -2.40. The van der Waals surface area contributed by atoms with Gasteiger partial charge in [0.2, 0.25) is 5.91 Å². The fraction of sp³-hybridized carbons (Fsp3) is 0.381. The molecule has 2 aromatic rings. The maximum atomic E-state index is 12.0. The third kappa shape index (κ3) is 2.95. The zero-order chi connectivity index (χ0) is 19.5. The summed E-state index contributed by atoms with van der Waals surface area (Å²) >= 11 is 0. The fourth-order valence-corrected chi connectivity index (χ4v) is 4.16. The van der Waals surface area contributed by atoms with Crippen molar-refractivity contribution in [2.75, 3.05) is 5.32 Å². The molecule has 0 spiro atoms. The van der Waals surface area contributed by atoms with Gasteiger partial charge in [-0.3, -0.25) is 4.79 Å². The van der Waals surface area contributed by atoms with Crippen LogP contribution in [0.4, 0.5) is 10.6 Å². The highest BCUT2D eigenvalue weighted by molar-refractivity contribution is 5.93. The number of hydrogen-bond acceptors (Lipinski definition) is 5. The van der Waals surface area contributed by atoms with E-state index in [2.05, 4.69) is 20.9 Å². The quantitative estimate of drug-likeness (QED) is 0.742. The third-order valence-electron chi connectivity index (χ3n) is 5.87. The van der Waals surface area contributed by atoms with Gasteiger partial charge in [-0.15, -0.1) is 0 Å². The van der Waals surface area contributed by atoms with E-state index in [4.69, 9.17) is 9.47 Å². The van der Waals surface area contributed by atoms with Crippen molar-refractivity contribution < 1.29 is 19.1 Å². The Hall–Kier alpha value is -3.29. The first kappa shape index (κ1) is 16.6. The van der Waals surface area contributed by atoms with Crippen LogP contribution in [-0.4, -0.2) is 35.1 Å². The Bertz CT molecular complexity index is 1040. The van der Waals surface area contributed by atoms with Crippen molar-refractivity contribution in [3.8, 4) is 17.2 Å². The number of hydrogen-bond donors (Lipinski definition) is 3. The minimum atomic E-state index is -0.116. The number of carbonyl (C=O) groups excluding carboxylic acids is 2. The van der Waals surface area contributed by atoms with Gasteiger partial charge in [0.25, 0.3) is 0 Å². The molecule has 3 atom stereocenters. The number of pyridine rings is 1. The summed E-state index contributed by atoms with van der Waals surface area (Å²) < 4.78 is 12.1. The van der Waals surface area contributed by atoms with E-state index >= 15 is 0 Å². The van der Waals surface area contributed by atoms with E-state index in [-0.39, 0.29) is 30.0 Å². The molecular formula is C21H20N4O4. The van der Waals surface area contributed by atoms with Crippen LogP contribution in [0, 0.1) is 0 Å². The maximum absolute atomic E-state index is 12.0. The SMILES string of the molecule is O=C1CCc2c(Oc3ccc4c(c3)[C@H]3[C@H](NC(=O)NC5CC5)[C@H]3O4)ccnc2N1. The highest BCUT2D eigenvalue weighted by atomic mass is 16.5. The first-order chi connectivity index (χ1) is 14.2. The molecule has 2 aliphatic heterocycles. The number of rotatable bonds is 4. The Morgan fingerprint density at radius 2 is 2.10 bits per heavy atom. The van der Waals surface area contributed by atoms with E-state index in [1.54, 1.807) is 6.20 Å². The Morgan fingerprint density at radius 1 is 1.21 bits per heavy atom. The number of aromatic nitrogens is 1. The molecule has 4 aliphatic rings. The number of benzene rings is 1. The van der Waals surface area contributed by atoms with Gasteiger partial charge >= 0.3 is 6.03 Å². The first-order valence-corrected chi connectivity index (χ1v) is 9.99. The molecule has 8 heteroatoms. The molecule has 2 aliphatic carbocycles. The van der Waals surface area contributed by atoms with Crippen molar-refractivity contribution >= 4 is 17.8 Å². The maximum Gasteiger partial charge on any atom is 0.315 e. The lowest BCUT2D eigenvalue weighted by Gasteiger charge is -2.19. The fourth-order valence-electron chi connectivity index (χ4n) is 4.16. The van der Waals surface area contributed by atoms with Crippen molar-refractivity contribution in [1.82, 2.24) is 15.6 Å². The highest BCUT2D eigenvalue weighted by Crippen LogP contribution is 2.54. The molecule has 3 heterocycles. The van der Waals surface area contributed by atoms with Crippen LogP contribution in [0.2, 0.25) is 0 Å². The highest BCUT2D eigenvalue weighted by Gasteiger charge is 2.59. The second-order valence-corrected chi connectivity index (χ2v) is 8.01. The van der Waals surface area contributed by atoms with Gasteiger partial charge in [-0.2, -0.15) is 0 Å². The molecule has 2 fully saturated rings. The zero-order valence-corrected chi connectivity index (χ0v) is 15.6. The Balaban J connectivity index is 1.19. The zero-order valence-electron chi connectivity index (χ0n) is 15.6. The number of nitrogens with one attached hydrogen (secondary N) is 3. The number of carbonyl (C=O) groups is 2. The minimum Gasteiger partial charge on any atom is -0.487 e. The molecule has 0 bridgehead atoms. The molecule has 3 amide bonds. The second kappa shape index (κ2) is 6.10. The number of urea groups is 1. The molecule has 8 nitrogen and oxygen atoms in total. The van der Waals surface area contributed by atoms with Crippen LogP contribution in [0.25, 0.3) is 0 Å². The number of amides is 3. The summed E-state index contributed by atoms with van der Waals surface area (Å²) in [7, 11) is 0.